The summed E-state index contributed by atoms with van der Waals surface area (Å²) in [6.45, 7) is 7.39. The van der Waals surface area contributed by atoms with Gasteiger partial charge in [-0.05, 0) is 37.5 Å². The topological polar surface area (TPSA) is 90.8 Å². The average molecular weight is 327 g/mol. The van der Waals surface area contributed by atoms with E-state index < -0.39 is 17.0 Å². The van der Waals surface area contributed by atoms with Gasteiger partial charge in [-0.15, -0.1) is 0 Å². The van der Waals surface area contributed by atoms with Gasteiger partial charge in [0, 0.05) is 5.69 Å². The third-order valence-electron chi connectivity index (χ3n) is 5.08. The highest BCUT2D eigenvalue weighted by molar-refractivity contribution is 6.17. The van der Waals surface area contributed by atoms with Crippen LogP contribution in [0, 0.1) is 5.92 Å². The molecule has 24 heavy (non-hydrogen) atoms. The Kier molecular flexibility index (Phi) is 3.51. The smallest absolute Gasteiger partial charge is 0.334 e. The molecule has 0 fully saturated rings. The van der Waals surface area contributed by atoms with E-state index in [9.17, 15) is 14.7 Å². The van der Waals surface area contributed by atoms with Gasteiger partial charge in [-0.3, -0.25) is 4.79 Å². The van der Waals surface area contributed by atoms with E-state index in [1.165, 1.54) is 0 Å². The van der Waals surface area contributed by atoms with E-state index in [2.05, 4.69) is 15.6 Å². The van der Waals surface area contributed by atoms with Crippen LogP contribution in [0.15, 0.2) is 34.8 Å². The van der Waals surface area contributed by atoms with Gasteiger partial charge in [-0.1, -0.05) is 32.0 Å². The molecule has 2 heterocycles. The number of aliphatic imine (C=N–C) groups is 1. The van der Waals surface area contributed by atoms with Crippen molar-refractivity contribution in [2.24, 2.45) is 10.9 Å². The minimum absolute atomic E-state index is 0.0167. The highest BCUT2D eigenvalue weighted by Gasteiger charge is 2.50. The second kappa shape index (κ2) is 5.19. The molecule has 0 saturated carbocycles. The van der Waals surface area contributed by atoms with Crippen LogP contribution in [0.3, 0.4) is 0 Å². The Labute approximate surface area is 140 Å². The number of rotatable bonds is 3. The number of benzene rings is 1. The van der Waals surface area contributed by atoms with Crippen LogP contribution in [-0.4, -0.2) is 33.9 Å². The van der Waals surface area contributed by atoms with Gasteiger partial charge in [-0.2, -0.15) is 4.99 Å². The summed E-state index contributed by atoms with van der Waals surface area (Å²) in [5, 5.41) is 16.1. The molecule has 3 N–H and O–H groups in total. The predicted octanol–water partition coefficient (Wildman–Crippen LogP) is 2.28. The molecule has 6 nitrogen and oxygen atoms in total. The zero-order valence-electron chi connectivity index (χ0n) is 14.2. The van der Waals surface area contributed by atoms with Crippen molar-refractivity contribution in [2.75, 3.05) is 5.32 Å². The van der Waals surface area contributed by atoms with Crippen molar-refractivity contribution < 1.29 is 14.7 Å². The van der Waals surface area contributed by atoms with Gasteiger partial charge in [0.15, 0.2) is 0 Å². The zero-order chi connectivity index (χ0) is 17.7. The lowest BCUT2D eigenvalue weighted by Gasteiger charge is -2.38. The van der Waals surface area contributed by atoms with E-state index in [-0.39, 0.29) is 17.4 Å². The first kappa shape index (κ1) is 16.2. The van der Waals surface area contributed by atoms with Crippen molar-refractivity contribution >= 4 is 29.5 Å². The van der Waals surface area contributed by atoms with Crippen molar-refractivity contribution in [2.45, 2.75) is 38.8 Å². The third-order valence-corrected chi connectivity index (χ3v) is 5.08. The Hall–Kier alpha value is -2.63. The van der Waals surface area contributed by atoms with E-state index >= 15 is 0 Å². The number of carbonyl (C=O) groups is 2. The first-order chi connectivity index (χ1) is 11.2. The van der Waals surface area contributed by atoms with Crippen LogP contribution in [0.1, 0.15) is 33.3 Å². The number of hydrogen-bond acceptors (Lipinski definition) is 4. The number of carbonyl (C=O) groups excluding carboxylic acids is 1. The van der Waals surface area contributed by atoms with Crippen molar-refractivity contribution in [1.29, 1.82) is 0 Å². The van der Waals surface area contributed by atoms with E-state index in [1.54, 1.807) is 19.9 Å². The first-order valence-corrected chi connectivity index (χ1v) is 7.93. The van der Waals surface area contributed by atoms with Gasteiger partial charge in [0.1, 0.15) is 16.9 Å². The first-order valence-electron chi connectivity index (χ1n) is 7.93. The minimum Gasteiger partial charge on any atom is -0.478 e. The number of amides is 1. The molecule has 3 rings (SSSR count). The van der Waals surface area contributed by atoms with Gasteiger partial charge in [0.25, 0.3) is 5.91 Å². The normalized spacial score (nSPS) is 28.6. The van der Waals surface area contributed by atoms with E-state index in [4.69, 9.17) is 0 Å². The molecule has 1 amide bonds. The summed E-state index contributed by atoms with van der Waals surface area (Å²) in [5.41, 5.74) is -0.194. The van der Waals surface area contributed by atoms with Crippen LogP contribution < -0.4 is 10.6 Å². The fraction of sp³-hybridized carbons (Fsp3) is 0.389. The molecule has 1 aromatic rings. The molecule has 0 saturated heterocycles. The SMILES string of the molecule is CC(C)C1(C)NC(C2(C)Nc3ccccc3C=C2C(=O)O)=NC1=O. The number of anilines is 1. The molecule has 2 aliphatic rings. The maximum atomic E-state index is 12.4. The van der Waals surface area contributed by atoms with E-state index in [1.807, 2.05) is 38.1 Å². The van der Waals surface area contributed by atoms with Crippen LogP contribution >= 0.6 is 0 Å². The van der Waals surface area contributed by atoms with Gasteiger partial charge in [0.2, 0.25) is 0 Å². The summed E-state index contributed by atoms with van der Waals surface area (Å²) in [6.07, 6.45) is 1.63. The van der Waals surface area contributed by atoms with E-state index in [0.29, 0.717) is 5.84 Å². The van der Waals surface area contributed by atoms with Gasteiger partial charge >= 0.3 is 5.97 Å². The van der Waals surface area contributed by atoms with Gasteiger partial charge in [-0.25, -0.2) is 4.79 Å². The molecular weight excluding hydrogens is 306 g/mol. The highest BCUT2D eigenvalue weighted by atomic mass is 16.4. The fourth-order valence-electron chi connectivity index (χ4n) is 3.01. The van der Waals surface area contributed by atoms with Crippen molar-refractivity contribution in [3.8, 4) is 0 Å². The van der Waals surface area contributed by atoms with Crippen molar-refractivity contribution in [3.63, 3.8) is 0 Å². The number of para-hydroxylation sites is 1. The maximum absolute atomic E-state index is 12.4. The van der Waals surface area contributed by atoms with Crippen LogP contribution in [0.2, 0.25) is 0 Å². The molecule has 0 aromatic heterocycles. The lowest BCUT2D eigenvalue weighted by Crippen LogP contribution is -2.58. The number of carboxylic acid groups (broad SMARTS) is 1. The van der Waals surface area contributed by atoms with Crippen LogP contribution in [0.4, 0.5) is 5.69 Å². The number of aliphatic carboxylic acids is 1. The Morgan fingerprint density at radius 1 is 1.21 bits per heavy atom. The second-order valence-corrected chi connectivity index (χ2v) is 6.95. The highest BCUT2D eigenvalue weighted by Crippen LogP contribution is 2.36. The molecule has 6 heteroatoms. The van der Waals surface area contributed by atoms with Crippen molar-refractivity contribution in [3.05, 3.63) is 35.4 Å². The lowest BCUT2D eigenvalue weighted by molar-refractivity contribution is -0.133. The Morgan fingerprint density at radius 3 is 2.46 bits per heavy atom. The quantitative estimate of drug-likeness (QED) is 0.792. The van der Waals surface area contributed by atoms with Crippen LogP contribution in [0.25, 0.3) is 6.08 Å². The third kappa shape index (κ3) is 2.21. The van der Waals surface area contributed by atoms with E-state index in [0.717, 1.165) is 11.3 Å². The number of carboxylic acids is 1. The van der Waals surface area contributed by atoms with Crippen LogP contribution in [-0.2, 0) is 9.59 Å². The summed E-state index contributed by atoms with van der Waals surface area (Å²) >= 11 is 0. The Morgan fingerprint density at radius 2 is 1.88 bits per heavy atom. The summed E-state index contributed by atoms with van der Waals surface area (Å²) in [4.78, 5) is 28.4. The maximum Gasteiger partial charge on any atom is 0.334 e. The van der Waals surface area contributed by atoms with Gasteiger partial charge < -0.3 is 15.7 Å². The number of hydrogen-bond donors (Lipinski definition) is 3. The summed E-state index contributed by atoms with van der Waals surface area (Å²) in [7, 11) is 0. The van der Waals surface area contributed by atoms with Crippen LogP contribution in [0.5, 0.6) is 0 Å². The Balaban J connectivity index is 2.09. The average Bonchev–Trinajstić information content (AvgIpc) is 2.84. The molecule has 2 atom stereocenters. The molecular formula is C18H21N3O3. The number of nitrogens with one attached hydrogen (secondary N) is 2. The molecule has 126 valence electrons. The monoisotopic (exact) mass is 327 g/mol. The Bertz CT molecular complexity index is 796. The molecule has 0 spiro atoms. The molecule has 1 aromatic carbocycles. The summed E-state index contributed by atoms with van der Waals surface area (Å²) in [6, 6.07) is 7.45. The molecule has 0 aliphatic carbocycles. The molecule has 2 aliphatic heterocycles. The number of nitrogens with zero attached hydrogens (tertiary/aromatic N) is 1. The van der Waals surface area contributed by atoms with Gasteiger partial charge in [0.05, 0.1) is 5.57 Å². The summed E-state index contributed by atoms with van der Waals surface area (Å²) in [5.74, 6) is -0.969. The fourth-order valence-corrected chi connectivity index (χ4v) is 3.01. The van der Waals surface area contributed by atoms with Crippen molar-refractivity contribution in [1.82, 2.24) is 5.32 Å². The standard InChI is InChI=1S/C18H21N3O3/c1-10(2)17(3)16(24)19-15(21-17)18(4)12(14(22)23)9-11-7-5-6-8-13(11)20-18/h5-10,20H,1-4H3,(H,22,23)(H,19,21,24). The molecule has 0 bridgehead atoms. The largest absolute Gasteiger partial charge is 0.478 e. The lowest BCUT2D eigenvalue weighted by atomic mass is 9.83. The second-order valence-electron chi connectivity index (χ2n) is 6.95. The number of fused-ring (bicyclic) bond motifs is 1. The number of amidine groups is 1. The molecule has 2 unspecified atom stereocenters. The molecule has 0 radical (unpaired) electrons. The zero-order valence-corrected chi connectivity index (χ0v) is 14.2. The predicted molar refractivity (Wildman–Crippen MR) is 92.9 cm³/mol. The summed E-state index contributed by atoms with van der Waals surface area (Å²) < 4.78 is 0. The minimum atomic E-state index is -1.11.